The topological polar surface area (TPSA) is 31.4 Å². The van der Waals surface area contributed by atoms with Gasteiger partial charge in [-0.15, -0.1) is 11.3 Å². The molecule has 0 unspecified atom stereocenters. The summed E-state index contributed by atoms with van der Waals surface area (Å²) in [5.41, 5.74) is 3.39. The molecule has 3 rings (SSSR count). The molecular formula is C18H17NO2S. The predicted octanol–water partition coefficient (Wildman–Crippen LogP) is 4.71. The second-order valence-corrected chi connectivity index (χ2v) is 5.90. The molecule has 0 saturated carbocycles. The summed E-state index contributed by atoms with van der Waals surface area (Å²) >= 11 is 1.61. The van der Waals surface area contributed by atoms with Crippen molar-refractivity contribution < 1.29 is 9.47 Å². The molecule has 0 atom stereocenters. The average molecular weight is 311 g/mol. The van der Waals surface area contributed by atoms with Gasteiger partial charge in [0.1, 0.15) is 23.1 Å². The molecule has 3 aromatic rings. The van der Waals surface area contributed by atoms with Crippen molar-refractivity contribution in [3.05, 3.63) is 64.5 Å². The molecule has 0 radical (unpaired) electrons. The van der Waals surface area contributed by atoms with Gasteiger partial charge in [0.15, 0.2) is 0 Å². The zero-order valence-corrected chi connectivity index (χ0v) is 13.4. The summed E-state index contributed by atoms with van der Waals surface area (Å²) in [5, 5.41) is 3.03. The molecule has 2 aromatic carbocycles. The molecule has 0 aliphatic carbocycles. The van der Waals surface area contributed by atoms with Crippen LogP contribution >= 0.6 is 11.3 Å². The van der Waals surface area contributed by atoms with E-state index >= 15 is 0 Å². The second kappa shape index (κ2) is 6.62. The highest BCUT2D eigenvalue weighted by atomic mass is 32.1. The Balaban J connectivity index is 1.65. The highest BCUT2D eigenvalue weighted by Gasteiger charge is 2.05. The van der Waals surface area contributed by atoms with Crippen LogP contribution in [0.25, 0.3) is 11.3 Å². The van der Waals surface area contributed by atoms with Crippen LogP contribution in [0.4, 0.5) is 0 Å². The summed E-state index contributed by atoms with van der Waals surface area (Å²) in [7, 11) is 1.65. The second-order valence-electron chi connectivity index (χ2n) is 4.96. The molecular weight excluding hydrogens is 294 g/mol. The lowest BCUT2D eigenvalue weighted by molar-refractivity contribution is 0.305. The fourth-order valence-electron chi connectivity index (χ4n) is 2.05. The van der Waals surface area contributed by atoms with Crippen molar-refractivity contribution in [1.29, 1.82) is 0 Å². The molecule has 1 heterocycles. The highest BCUT2D eigenvalue weighted by molar-refractivity contribution is 7.09. The van der Waals surface area contributed by atoms with Crippen molar-refractivity contribution in [2.45, 2.75) is 13.5 Å². The van der Waals surface area contributed by atoms with E-state index in [1.54, 1.807) is 18.4 Å². The van der Waals surface area contributed by atoms with E-state index in [1.807, 2.05) is 24.3 Å². The molecule has 0 aliphatic rings. The Kier molecular flexibility index (Phi) is 4.39. The summed E-state index contributed by atoms with van der Waals surface area (Å²) < 4.78 is 10.9. The van der Waals surface area contributed by atoms with E-state index < -0.39 is 0 Å². The number of rotatable bonds is 5. The first-order valence-electron chi connectivity index (χ1n) is 7.03. The van der Waals surface area contributed by atoms with Crippen LogP contribution in [0.15, 0.2) is 53.9 Å². The maximum Gasteiger partial charge on any atom is 0.140 e. The smallest absolute Gasteiger partial charge is 0.140 e. The van der Waals surface area contributed by atoms with Gasteiger partial charge in [0.25, 0.3) is 0 Å². The minimum Gasteiger partial charge on any atom is -0.497 e. The Morgan fingerprint density at radius 1 is 0.955 bits per heavy atom. The molecule has 3 nitrogen and oxygen atoms in total. The van der Waals surface area contributed by atoms with Gasteiger partial charge in [-0.3, -0.25) is 0 Å². The number of benzene rings is 2. The molecule has 0 aliphatic heterocycles. The van der Waals surface area contributed by atoms with Gasteiger partial charge < -0.3 is 9.47 Å². The van der Waals surface area contributed by atoms with Gasteiger partial charge in [-0.2, -0.15) is 0 Å². The molecule has 1 aromatic heterocycles. The SMILES string of the molecule is COc1ccc(OCc2nc(-c3ccc(C)cc3)cs2)cc1. The van der Waals surface area contributed by atoms with E-state index in [1.165, 1.54) is 5.56 Å². The Morgan fingerprint density at radius 2 is 1.64 bits per heavy atom. The number of thiazole rings is 1. The normalized spacial score (nSPS) is 10.5. The quantitative estimate of drug-likeness (QED) is 0.684. The third-order valence-corrected chi connectivity index (χ3v) is 4.14. The lowest BCUT2D eigenvalue weighted by atomic mass is 10.1. The first-order chi connectivity index (χ1) is 10.7. The van der Waals surface area contributed by atoms with Crippen LogP contribution in [0.1, 0.15) is 10.6 Å². The minimum absolute atomic E-state index is 0.475. The van der Waals surface area contributed by atoms with Gasteiger partial charge in [0, 0.05) is 10.9 Å². The summed E-state index contributed by atoms with van der Waals surface area (Å²) in [6.07, 6.45) is 0. The predicted molar refractivity (Wildman–Crippen MR) is 89.6 cm³/mol. The van der Waals surface area contributed by atoms with Crippen molar-refractivity contribution in [3.8, 4) is 22.8 Å². The van der Waals surface area contributed by atoms with Crippen LogP contribution in [0, 0.1) is 6.92 Å². The Hall–Kier alpha value is -2.33. The van der Waals surface area contributed by atoms with E-state index in [4.69, 9.17) is 9.47 Å². The average Bonchev–Trinajstić information content (AvgIpc) is 3.03. The zero-order valence-electron chi connectivity index (χ0n) is 12.6. The Morgan fingerprint density at radius 3 is 2.32 bits per heavy atom. The van der Waals surface area contributed by atoms with E-state index in [9.17, 15) is 0 Å². The maximum atomic E-state index is 5.75. The first kappa shape index (κ1) is 14.6. The van der Waals surface area contributed by atoms with E-state index in [0.717, 1.165) is 27.8 Å². The lowest BCUT2D eigenvalue weighted by Crippen LogP contribution is -1.95. The van der Waals surface area contributed by atoms with E-state index in [0.29, 0.717) is 6.61 Å². The van der Waals surface area contributed by atoms with Crippen molar-refractivity contribution in [2.75, 3.05) is 7.11 Å². The summed E-state index contributed by atoms with van der Waals surface area (Å²) in [6.45, 7) is 2.56. The third-order valence-electron chi connectivity index (χ3n) is 3.32. The molecule has 0 spiro atoms. The molecule has 0 bridgehead atoms. The summed E-state index contributed by atoms with van der Waals surface area (Å²) in [6, 6.07) is 16.0. The van der Waals surface area contributed by atoms with Gasteiger partial charge in [-0.25, -0.2) is 4.98 Å². The number of aryl methyl sites for hydroxylation is 1. The number of methoxy groups -OCH3 is 1. The first-order valence-corrected chi connectivity index (χ1v) is 7.91. The van der Waals surface area contributed by atoms with Gasteiger partial charge in [-0.1, -0.05) is 29.8 Å². The fraction of sp³-hybridized carbons (Fsp3) is 0.167. The largest absolute Gasteiger partial charge is 0.497 e. The van der Waals surface area contributed by atoms with Gasteiger partial charge in [-0.05, 0) is 31.2 Å². The van der Waals surface area contributed by atoms with Crippen molar-refractivity contribution >= 4 is 11.3 Å². The Bertz CT molecular complexity index is 733. The lowest BCUT2D eigenvalue weighted by Gasteiger charge is -2.05. The number of nitrogens with zero attached hydrogens (tertiary/aromatic N) is 1. The molecule has 112 valence electrons. The van der Waals surface area contributed by atoms with Crippen LogP contribution in [0.3, 0.4) is 0 Å². The number of ether oxygens (including phenoxy) is 2. The van der Waals surface area contributed by atoms with Crippen molar-refractivity contribution in [1.82, 2.24) is 4.98 Å². The van der Waals surface area contributed by atoms with Crippen LogP contribution in [0.5, 0.6) is 11.5 Å². The molecule has 0 amide bonds. The van der Waals surface area contributed by atoms with Gasteiger partial charge in [0.05, 0.1) is 12.8 Å². The monoisotopic (exact) mass is 311 g/mol. The van der Waals surface area contributed by atoms with Crippen LogP contribution in [-0.4, -0.2) is 12.1 Å². The maximum absolute atomic E-state index is 5.75. The van der Waals surface area contributed by atoms with Crippen LogP contribution in [0.2, 0.25) is 0 Å². The number of hydrogen-bond donors (Lipinski definition) is 0. The highest BCUT2D eigenvalue weighted by Crippen LogP contribution is 2.24. The van der Waals surface area contributed by atoms with Crippen LogP contribution in [-0.2, 0) is 6.61 Å². The Labute approximate surface area is 134 Å². The third kappa shape index (κ3) is 3.46. The van der Waals surface area contributed by atoms with E-state index in [2.05, 4.69) is 41.6 Å². The van der Waals surface area contributed by atoms with Gasteiger partial charge >= 0.3 is 0 Å². The number of hydrogen-bond acceptors (Lipinski definition) is 4. The van der Waals surface area contributed by atoms with Crippen molar-refractivity contribution in [3.63, 3.8) is 0 Å². The molecule has 0 N–H and O–H groups in total. The standard InChI is InChI=1S/C18H17NO2S/c1-13-3-5-14(6-4-13)17-12-22-18(19-17)11-21-16-9-7-15(20-2)8-10-16/h3-10,12H,11H2,1-2H3. The van der Waals surface area contributed by atoms with Crippen LogP contribution < -0.4 is 9.47 Å². The number of aromatic nitrogens is 1. The van der Waals surface area contributed by atoms with Gasteiger partial charge in [0.2, 0.25) is 0 Å². The summed E-state index contributed by atoms with van der Waals surface area (Å²) in [4.78, 5) is 4.63. The zero-order chi connectivity index (χ0) is 15.4. The molecule has 0 saturated heterocycles. The molecule has 0 fully saturated rings. The molecule has 4 heteroatoms. The summed E-state index contributed by atoms with van der Waals surface area (Å²) in [5.74, 6) is 1.64. The fourth-order valence-corrected chi connectivity index (χ4v) is 2.77. The van der Waals surface area contributed by atoms with Crippen molar-refractivity contribution in [2.24, 2.45) is 0 Å². The van der Waals surface area contributed by atoms with E-state index in [-0.39, 0.29) is 0 Å². The molecule has 22 heavy (non-hydrogen) atoms. The minimum atomic E-state index is 0.475.